The number of nitrogens with zero attached hydrogens (tertiary/aromatic N) is 3. The Labute approximate surface area is 104 Å². The van der Waals surface area contributed by atoms with Crippen molar-refractivity contribution < 1.29 is 4.92 Å². The van der Waals surface area contributed by atoms with Crippen LogP contribution in [0.3, 0.4) is 0 Å². The number of nitro groups is 1. The SMILES string of the molecule is Cc1cc(NCc2ccccc2[N+](=O)[O-])ncn1. The van der Waals surface area contributed by atoms with E-state index in [9.17, 15) is 10.1 Å². The Morgan fingerprint density at radius 1 is 1.33 bits per heavy atom. The number of benzene rings is 1. The summed E-state index contributed by atoms with van der Waals surface area (Å²) < 4.78 is 0. The van der Waals surface area contributed by atoms with Crippen LogP contribution in [0, 0.1) is 17.0 Å². The molecule has 0 unspecified atom stereocenters. The van der Waals surface area contributed by atoms with Gasteiger partial charge >= 0.3 is 0 Å². The molecule has 92 valence electrons. The minimum Gasteiger partial charge on any atom is -0.366 e. The highest BCUT2D eigenvalue weighted by Crippen LogP contribution is 2.18. The summed E-state index contributed by atoms with van der Waals surface area (Å²) in [6.07, 6.45) is 1.46. The van der Waals surface area contributed by atoms with E-state index >= 15 is 0 Å². The van der Waals surface area contributed by atoms with Gasteiger partial charge in [0.15, 0.2) is 0 Å². The zero-order valence-corrected chi connectivity index (χ0v) is 9.83. The molecule has 1 N–H and O–H groups in total. The van der Waals surface area contributed by atoms with Crippen LogP contribution in [0.2, 0.25) is 0 Å². The first-order valence-electron chi connectivity index (χ1n) is 5.41. The maximum atomic E-state index is 10.8. The van der Waals surface area contributed by atoms with Crippen molar-refractivity contribution in [1.82, 2.24) is 9.97 Å². The maximum Gasteiger partial charge on any atom is 0.274 e. The molecule has 0 amide bonds. The van der Waals surface area contributed by atoms with Crippen molar-refractivity contribution in [3.05, 3.63) is 58.0 Å². The number of aromatic nitrogens is 2. The van der Waals surface area contributed by atoms with Crippen LogP contribution in [-0.2, 0) is 6.54 Å². The van der Waals surface area contributed by atoms with E-state index < -0.39 is 0 Å². The van der Waals surface area contributed by atoms with Crippen LogP contribution in [0.15, 0.2) is 36.7 Å². The van der Waals surface area contributed by atoms with E-state index in [1.54, 1.807) is 24.3 Å². The lowest BCUT2D eigenvalue weighted by molar-refractivity contribution is -0.385. The summed E-state index contributed by atoms with van der Waals surface area (Å²) in [6, 6.07) is 8.42. The Balaban J connectivity index is 2.13. The van der Waals surface area contributed by atoms with Gasteiger partial charge in [-0.1, -0.05) is 18.2 Å². The van der Waals surface area contributed by atoms with Gasteiger partial charge in [0, 0.05) is 29.9 Å². The van der Waals surface area contributed by atoms with Gasteiger partial charge < -0.3 is 5.32 Å². The summed E-state index contributed by atoms with van der Waals surface area (Å²) in [5.41, 5.74) is 1.57. The number of nitrogens with one attached hydrogen (secondary N) is 1. The molecule has 0 aliphatic heterocycles. The summed E-state index contributed by atoms with van der Waals surface area (Å²) in [5, 5.41) is 13.9. The van der Waals surface area contributed by atoms with Crippen LogP contribution >= 0.6 is 0 Å². The molecule has 0 aliphatic rings. The monoisotopic (exact) mass is 244 g/mol. The minimum absolute atomic E-state index is 0.107. The van der Waals surface area contributed by atoms with Crippen molar-refractivity contribution in [2.75, 3.05) is 5.32 Å². The Kier molecular flexibility index (Phi) is 3.47. The van der Waals surface area contributed by atoms with Gasteiger partial charge in [0.25, 0.3) is 5.69 Å². The highest BCUT2D eigenvalue weighted by atomic mass is 16.6. The standard InChI is InChI=1S/C12H12N4O2/c1-9-6-12(15-8-14-9)13-7-10-4-2-3-5-11(10)16(17)18/h2-6,8H,7H2,1H3,(H,13,14,15). The lowest BCUT2D eigenvalue weighted by Crippen LogP contribution is -2.04. The molecule has 0 bridgehead atoms. The van der Waals surface area contributed by atoms with E-state index in [2.05, 4.69) is 15.3 Å². The third kappa shape index (κ3) is 2.79. The average molecular weight is 244 g/mol. The summed E-state index contributed by atoms with van der Waals surface area (Å²) in [4.78, 5) is 18.5. The van der Waals surface area contributed by atoms with Crippen molar-refractivity contribution in [3.8, 4) is 0 Å². The molecule has 6 heteroatoms. The first-order valence-corrected chi connectivity index (χ1v) is 5.41. The Morgan fingerprint density at radius 2 is 2.11 bits per heavy atom. The topological polar surface area (TPSA) is 81.0 Å². The average Bonchev–Trinajstić information content (AvgIpc) is 2.37. The molecule has 1 heterocycles. The molecule has 1 aromatic carbocycles. The van der Waals surface area contributed by atoms with Gasteiger partial charge in [0.2, 0.25) is 0 Å². The van der Waals surface area contributed by atoms with Gasteiger partial charge in [0.1, 0.15) is 12.1 Å². The third-order valence-corrected chi connectivity index (χ3v) is 2.45. The summed E-state index contributed by atoms with van der Waals surface area (Å²) >= 11 is 0. The molecule has 0 aliphatic carbocycles. The number of rotatable bonds is 4. The molecule has 6 nitrogen and oxygen atoms in total. The fourth-order valence-electron chi connectivity index (χ4n) is 1.58. The van der Waals surface area contributed by atoms with Crippen molar-refractivity contribution in [1.29, 1.82) is 0 Å². The fourth-order valence-corrected chi connectivity index (χ4v) is 1.58. The molecule has 0 radical (unpaired) electrons. The second kappa shape index (κ2) is 5.22. The fraction of sp³-hybridized carbons (Fsp3) is 0.167. The molecule has 2 rings (SSSR count). The van der Waals surface area contributed by atoms with E-state index in [-0.39, 0.29) is 10.6 Å². The van der Waals surface area contributed by atoms with Gasteiger partial charge in [-0.05, 0) is 6.92 Å². The highest BCUT2D eigenvalue weighted by Gasteiger charge is 2.11. The zero-order chi connectivity index (χ0) is 13.0. The van der Waals surface area contributed by atoms with E-state index in [4.69, 9.17) is 0 Å². The summed E-state index contributed by atoms with van der Waals surface area (Å²) in [7, 11) is 0. The molecule has 0 spiro atoms. The normalized spacial score (nSPS) is 10.1. The van der Waals surface area contributed by atoms with Gasteiger partial charge in [-0.2, -0.15) is 0 Å². The quantitative estimate of drug-likeness (QED) is 0.659. The third-order valence-electron chi connectivity index (χ3n) is 2.45. The Bertz CT molecular complexity index is 572. The van der Waals surface area contributed by atoms with Gasteiger partial charge in [-0.15, -0.1) is 0 Å². The first-order chi connectivity index (χ1) is 8.66. The zero-order valence-electron chi connectivity index (χ0n) is 9.83. The molecule has 18 heavy (non-hydrogen) atoms. The van der Waals surface area contributed by atoms with Crippen LogP contribution in [0.5, 0.6) is 0 Å². The maximum absolute atomic E-state index is 10.8. The smallest absolute Gasteiger partial charge is 0.274 e. The van der Waals surface area contributed by atoms with Crippen molar-refractivity contribution in [2.45, 2.75) is 13.5 Å². The second-order valence-electron chi connectivity index (χ2n) is 3.78. The number of para-hydroxylation sites is 1. The number of hydrogen-bond donors (Lipinski definition) is 1. The van der Waals surface area contributed by atoms with E-state index in [1.165, 1.54) is 12.4 Å². The molecule has 0 atom stereocenters. The molecule has 2 aromatic rings. The van der Waals surface area contributed by atoms with Crippen molar-refractivity contribution in [2.24, 2.45) is 0 Å². The van der Waals surface area contributed by atoms with Gasteiger partial charge in [0.05, 0.1) is 4.92 Å². The predicted molar refractivity (Wildman–Crippen MR) is 67.2 cm³/mol. The second-order valence-corrected chi connectivity index (χ2v) is 3.78. The number of anilines is 1. The molecule has 0 fully saturated rings. The number of aryl methyl sites for hydroxylation is 1. The number of hydrogen-bond acceptors (Lipinski definition) is 5. The molecule has 0 saturated heterocycles. The van der Waals surface area contributed by atoms with E-state index in [1.807, 2.05) is 6.92 Å². The van der Waals surface area contributed by atoms with Gasteiger partial charge in [-0.3, -0.25) is 10.1 Å². The van der Waals surface area contributed by atoms with Gasteiger partial charge in [-0.25, -0.2) is 9.97 Å². The first kappa shape index (κ1) is 12.0. The van der Waals surface area contributed by atoms with Crippen LogP contribution in [0.25, 0.3) is 0 Å². The van der Waals surface area contributed by atoms with Crippen LogP contribution < -0.4 is 5.32 Å². The highest BCUT2D eigenvalue weighted by molar-refractivity contribution is 5.43. The summed E-state index contributed by atoms with van der Waals surface area (Å²) in [5.74, 6) is 0.653. The predicted octanol–water partition coefficient (Wildman–Crippen LogP) is 2.31. The largest absolute Gasteiger partial charge is 0.366 e. The molecule has 1 aromatic heterocycles. The van der Waals surface area contributed by atoms with Crippen molar-refractivity contribution >= 4 is 11.5 Å². The van der Waals surface area contributed by atoms with E-state index in [0.29, 0.717) is 17.9 Å². The van der Waals surface area contributed by atoms with Crippen molar-refractivity contribution in [3.63, 3.8) is 0 Å². The molecular formula is C12H12N4O2. The van der Waals surface area contributed by atoms with E-state index in [0.717, 1.165) is 5.69 Å². The lowest BCUT2D eigenvalue weighted by atomic mass is 10.2. The van der Waals surface area contributed by atoms with Crippen LogP contribution in [-0.4, -0.2) is 14.9 Å². The lowest BCUT2D eigenvalue weighted by Gasteiger charge is -2.06. The van der Waals surface area contributed by atoms with Crippen LogP contribution in [0.4, 0.5) is 11.5 Å². The molecular weight excluding hydrogens is 232 g/mol. The Morgan fingerprint density at radius 3 is 2.83 bits per heavy atom. The van der Waals surface area contributed by atoms with Crippen LogP contribution in [0.1, 0.15) is 11.3 Å². The summed E-state index contributed by atoms with van der Waals surface area (Å²) in [6.45, 7) is 2.21. The Hall–Kier alpha value is -2.50. The minimum atomic E-state index is -0.387. The molecule has 0 saturated carbocycles. The number of nitro benzene ring substituents is 1.